The number of hydroxylamine groups is 2. The number of nitrogens with zero attached hydrogens (tertiary/aromatic N) is 1. The summed E-state index contributed by atoms with van der Waals surface area (Å²) in [5.74, 6) is -2.07. The first-order valence-corrected chi connectivity index (χ1v) is 6.19. The van der Waals surface area contributed by atoms with Crippen LogP contribution in [0.1, 0.15) is 10.4 Å². The van der Waals surface area contributed by atoms with E-state index in [0.717, 1.165) is 12.1 Å². The smallest absolute Gasteiger partial charge is 0.357 e. The summed E-state index contributed by atoms with van der Waals surface area (Å²) in [6.45, 7) is 0.551. The predicted octanol–water partition coefficient (Wildman–Crippen LogP) is 2.82. The van der Waals surface area contributed by atoms with Crippen LogP contribution in [0.2, 0.25) is 0 Å². The van der Waals surface area contributed by atoms with E-state index in [1.54, 1.807) is 0 Å². The van der Waals surface area contributed by atoms with Crippen molar-refractivity contribution in [1.82, 2.24) is 5.06 Å². The topological polar surface area (TPSA) is 29.5 Å². The number of rotatable bonds is 6. The van der Waals surface area contributed by atoms with E-state index in [2.05, 4.69) is 0 Å². The van der Waals surface area contributed by atoms with Crippen LogP contribution in [-0.2, 0) is 4.84 Å². The van der Waals surface area contributed by atoms with Crippen LogP contribution in [0, 0.1) is 11.6 Å². The summed E-state index contributed by atoms with van der Waals surface area (Å²) in [6, 6.07) is 2.46. The molecule has 0 radical (unpaired) electrons. The molecule has 0 aliphatic rings. The van der Waals surface area contributed by atoms with Crippen LogP contribution in [0.4, 0.5) is 8.78 Å². The molecule has 7 heteroatoms. The summed E-state index contributed by atoms with van der Waals surface area (Å²) >= 11 is 11.0. The molecule has 0 aliphatic carbocycles. The molecule has 0 saturated carbocycles. The molecule has 0 amide bonds. The average Bonchev–Trinajstić information content (AvgIpc) is 2.28. The Hall–Kier alpha value is -0.910. The number of alkyl halides is 2. The van der Waals surface area contributed by atoms with Gasteiger partial charge in [-0.2, -0.15) is 0 Å². The Morgan fingerprint density at radius 1 is 1.11 bits per heavy atom. The van der Waals surface area contributed by atoms with E-state index in [1.807, 2.05) is 0 Å². The first-order valence-electron chi connectivity index (χ1n) is 5.12. The average molecular weight is 298 g/mol. The number of benzene rings is 1. The molecule has 18 heavy (non-hydrogen) atoms. The number of halogens is 4. The molecule has 0 bridgehead atoms. The molecular weight excluding hydrogens is 287 g/mol. The maximum Gasteiger partial charge on any atom is 0.357 e. The van der Waals surface area contributed by atoms with Crippen LogP contribution < -0.4 is 0 Å². The Kier molecular flexibility index (Phi) is 6.32. The van der Waals surface area contributed by atoms with Crippen LogP contribution in [-0.4, -0.2) is 35.9 Å². The summed E-state index contributed by atoms with van der Waals surface area (Å²) in [7, 11) is 0. The van der Waals surface area contributed by atoms with Gasteiger partial charge in [-0.25, -0.2) is 13.6 Å². The zero-order valence-corrected chi connectivity index (χ0v) is 10.8. The molecular formula is C11H11Cl2F2NO2. The van der Waals surface area contributed by atoms with Crippen molar-refractivity contribution < 1.29 is 18.4 Å². The highest BCUT2D eigenvalue weighted by Gasteiger charge is 2.15. The molecule has 0 N–H and O–H groups in total. The lowest BCUT2D eigenvalue weighted by atomic mass is 10.2. The van der Waals surface area contributed by atoms with Crippen molar-refractivity contribution in [3.8, 4) is 0 Å². The van der Waals surface area contributed by atoms with Crippen molar-refractivity contribution >= 4 is 29.2 Å². The van der Waals surface area contributed by atoms with Gasteiger partial charge in [0.2, 0.25) is 0 Å². The minimum Gasteiger partial charge on any atom is -0.364 e. The number of carbonyl (C=O) groups is 1. The van der Waals surface area contributed by atoms with Crippen LogP contribution in [0.3, 0.4) is 0 Å². The normalized spacial score (nSPS) is 10.7. The maximum absolute atomic E-state index is 12.9. The van der Waals surface area contributed by atoms with Gasteiger partial charge in [0, 0.05) is 30.9 Å². The molecule has 1 aromatic rings. The van der Waals surface area contributed by atoms with Crippen LogP contribution >= 0.6 is 23.2 Å². The highest BCUT2D eigenvalue weighted by atomic mass is 35.5. The molecule has 0 aromatic heterocycles. The third-order valence-corrected chi connectivity index (χ3v) is 2.32. The van der Waals surface area contributed by atoms with Gasteiger partial charge in [-0.3, -0.25) is 0 Å². The molecule has 0 fully saturated rings. The standard InChI is InChI=1S/C11H11Cl2F2NO2/c12-1-3-16(4-2-13)18-11(17)8-5-9(14)7-10(15)6-8/h5-7H,1-4H2. The third-order valence-electron chi connectivity index (χ3n) is 1.98. The van der Waals surface area contributed by atoms with E-state index in [1.165, 1.54) is 5.06 Å². The lowest BCUT2D eigenvalue weighted by Crippen LogP contribution is -2.31. The van der Waals surface area contributed by atoms with Crippen LogP contribution in [0.25, 0.3) is 0 Å². The second kappa shape index (κ2) is 7.51. The zero-order valence-electron chi connectivity index (χ0n) is 9.34. The van der Waals surface area contributed by atoms with E-state index in [4.69, 9.17) is 28.0 Å². The first kappa shape index (κ1) is 15.1. The number of hydrogen-bond donors (Lipinski definition) is 0. The summed E-state index contributed by atoms with van der Waals surface area (Å²) in [6.07, 6.45) is 0. The lowest BCUT2D eigenvalue weighted by Gasteiger charge is -2.18. The summed E-state index contributed by atoms with van der Waals surface area (Å²) in [5.41, 5.74) is -0.207. The Labute approximate surface area is 113 Å². The zero-order chi connectivity index (χ0) is 13.5. The molecule has 3 nitrogen and oxygen atoms in total. The summed E-state index contributed by atoms with van der Waals surface area (Å²) in [4.78, 5) is 16.5. The largest absolute Gasteiger partial charge is 0.364 e. The van der Waals surface area contributed by atoms with Gasteiger partial charge < -0.3 is 4.84 Å². The number of hydrogen-bond acceptors (Lipinski definition) is 3. The second-order valence-corrected chi connectivity index (χ2v) is 4.10. The second-order valence-electron chi connectivity index (χ2n) is 3.34. The van der Waals surface area contributed by atoms with Gasteiger partial charge in [0.25, 0.3) is 0 Å². The van der Waals surface area contributed by atoms with Gasteiger partial charge in [0.1, 0.15) is 11.6 Å². The Morgan fingerprint density at radius 2 is 1.61 bits per heavy atom. The van der Waals surface area contributed by atoms with Crippen LogP contribution in [0.15, 0.2) is 18.2 Å². The van der Waals surface area contributed by atoms with E-state index in [9.17, 15) is 13.6 Å². The van der Waals surface area contributed by atoms with Crippen molar-refractivity contribution in [3.05, 3.63) is 35.4 Å². The Morgan fingerprint density at radius 3 is 2.06 bits per heavy atom. The quantitative estimate of drug-likeness (QED) is 0.597. The predicted molar refractivity (Wildman–Crippen MR) is 64.8 cm³/mol. The monoisotopic (exact) mass is 297 g/mol. The molecule has 1 rings (SSSR count). The fraction of sp³-hybridized carbons (Fsp3) is 0.364. The molecule has 0 aliphatic heterocycles. The van der Waals surface area contributed by atoms with Crippen molar-refractivity contribution in [3.63, 3.8) is 0 Å². The highest BCUT2D eigenvalue weighted by Crippen LogP contribution is 2.10. The van der Waals surface area contributed by atoms with Gasteiger partial charge >= 0.3 is 5.97 Å². The van der Waals surface area contributed by atoms with E-state index >= 15 is 0 Å². The summed E-state index contributed by atoms with van der Waals surface area (Å²) in [5, 5.41) is 1.24. The van der Waals surface area contributed by atoms with Crippen molar-refractivity contribution in [1.29, 1.82) is 0 Å². The fourth-order valence-corrected chi connectivity index (χ4v) is 1.61. The van der Waals surface area contributed by atoms with Gasteiger partial charge in [-0.1, -0.05) is 0 Å². The molecule has 0 heterocycles. The van der Waals surface area contributed by atoms with Crippen molar-refractivity contribution in [2.24, 2.45) is 0 Å². The molecule has 0 unspecified atom stereocenters. The van der Waals surface area contributed by atoms with E-state index in [0.29, 0.717) is 6.07 Å². The van der Waals surface area contributed by atoms with E-state index < -0.39 is 17.6 Å². The minimum absolute atomic E-state index is 0.207. The van der Waals surface area contributed by atoms with Gasteiger partial charge in [0.05, 0.1) is 5.56 Å². The van der Waals surface area contributed by atoms with Crippen molar-refractivity contribution in [2.75, 3.05) is 24.8 Å². The lowest BCUT2D eigenvalue weighted by molar-refractivity contribution is -0.102. The molecule has 100 valence electrons. The molecule has 0 saturated heterocycles. The molecule has 1 aromatic carbocycles. The summed E-state index contributed by atoms with van der Waals surface area (Å²) < 4.78 is 25.8. The Bertz CT molecular complexity index is 392. The van der Waals surface area contributed by atoms with Gasteiger partial charge in [0.15, 0.2) is 0 Å². The Balaban J connectivity index is 2.73. The van der Waals surface area contributed by atoms with Crippen molar-refractivity contribution in [2.45, 2.75) is 0 Å². The highest BCUT2D eigenvalue weighted by molar-refractivity contribution is 6.18. The van der Waals surface area contributed by atoms with Crippen LogP contribution in [0.5, 0.6) is 0 Å². The van der Waals surface area contributed by atoms with Gasteiger partial charge in [-0.05, 0) is 12.1 Å². The fourth-order valence-electron chi connectivity index (χ4n) is 1.23. The molecule has 0 spiro atoms. The van der Waals surface area contributed by atoms with E-state index in [-0.39, 0.29) is 30.4 Å². The molecule has 0 atom stereocenters. The van der Waals surface area contributed by atoms with Gasteiger partial charge in [-0.15, -0.1) is 28.3 Å². The first-order chi connectivity index (χ1) is 8.56. The number of carbonyl (C=O) groups excluding carboxylic acids is 1. The maximum atomic E-state index is 12.9. The SMILES string of the molecule is O=C(ON(CCCl)CCCl)c1cc(F)cc(F)c1. The minimum atomic E-state index is -0.858. The third kappa shape index (κ3) is 4.76.